The van der Waals surface area contributed by atoms with Gasteiger partial charge in [-0.15, -0.1) is 0 Å². The van der Waals surface area contributed by atoms with Gasteiger partial charge >= 0.3 is 5.51 Å². The summed E-state index contributed by atoms with van der Waals surface area (Å²) < 4.78 is 36.0. The maximum atomic E-state index is 12.0. The molecule has 1 aliphatic heterocycles. The number of fused-ring (bicyclic) bond motifs is 1. The van der Waals surface area contributed by atoms with Gasteiger partial charge in [0.1, 0.15) is 0 Å². The number of carbonyl (C=O) groups is 2. The molecule has 2 amide bonds. The van der Waals surface area contributed by atoms with Crippen LogP contribution in [0.15, 0.2) is 18.2 Å². The van der Waals surface area contributed by atoms with Gasteiger partial charge in [0.2, 0.25) is 11.8 Å². The molecule has 126 valence electrons. The quantitative estimate of drug-likeness (QED) is 0.832. The standard InChI is InChI=1S/C15H17F3N2O2S/c1-2-9-3-4-12-11(7-9)10(14(22)20-12)5-6-19-13(21)8-23-15(16,17)18/h3-4,7,10H,2,5-6,8H2,1H3,(H,19,21)(H,20,22)/t10-/m0/s1. The van der Waals surface area contributed by atoms with Gasteiger partial charge in [0.25, 0.3) is 0 Å². The Morgan fingerprint density at radius 2 is 2.13 bits per heavy atom. The van der Waals surface area contributed by atoms with E-state index >= 15 is 0 Å². The van der Waals surface area contributed by atoms with E-state index in [9.17, 15) is 22.8 Å². The van der Waals surface area contributed by atoms with Crippen LogP contribution in [-0.4, -0.2) is 29.6 Å². The predicted octanol–water partition coefficient (Wildman–Crippen LogP) is 3.04. The summed E-state index contributed by atoms with van der Waals surface area (Å²) in [7, 11) is 0. The minimum Gasteiger partial charge on any atom is -0.355 e. The summed E-state index contributed by atoms with van der Waals surface area (Å²) in [4.78, 5) is 23.3. The highest BCUT2D eigenvalue weighted by Crippen LogP contribution is 2.35. The third-order valence-corrected chi connectivity index (χ3v) is 4.33. The lowest BCUT2D eigenvalue weighted by molar-refractivity contribution is -0.120. The molecule has 4 nitrogen and oxygen atoms in total. The van der Waals surface area contributed by atoms with E-state index in [2.05, 4.69) is 10.6 Å². The number of anilines is 1. The Bertz CT molecular complexity index is 605. The zero-order valence-corrected chi connectivity index (χ0v) is 13.3. The lowest BCUT2D eigenvalue weighted by Gasteiger charge is -2.11. The Hall–Kier alpha value is -1.70. The number of hydrogen-bond acceptors (Lipinski definition) is 3. The number of hydrogen-bond donors (Lipinski definition) is 2. The fraction of sp³-hybridized carbons (Fsp3) is 0.467. The van der Waals surface area contributed by atoms with E-state index in [0.29, 0.717) is 6.42 Å². The second kappa shape index (κ2) is 7.25. The first-order chi connectivity index (χ1) is 10.8. The van der Waals surface area contributed by atoms with E-state index in [-0.39, 0.29) is 30.1 Å². The van der Waals surface area contributed by atoms with E-state index in [1.54, 1.807) is 0 Å². The lowest BCUT2D eigenvalue weighted by atomic mass is 9.95. The van der Waals surface area contributed by atoms with Crippen LogP contribution in [0.1, 0.15) is 30.4 Å². The molecule has 0 aliphatic carbocycles. The van der Waals surface area contributed by atoms with Gasteiger partial charge in [0.15, 0.2) is 0 Å². The van der Waals surface area contributed by atoms with Crippen molar-refractivity contribution in [1.82, 2.24) is 5.32 Å². The average Bonchev–Trinajstić information content (AvgIpc) is 2.79. The second-order valence-corrected chi connectivity index (χ2v) is 6.23. The van der Waals surface area contributed by atoms with Crippen molar-refractivity contribution in [3.05, 3.63) is 29.3 Å². The number of alkyl halides is 3. The van der Waals surface area contributed by atoms with Crippen LogP contribution in [0.4, 0.5) is 18.9 Å². The molecule has 1 aliphatic rings. The largest absolute Gasteiger partial charge is 0.442 e. The molecule has 1 aromatic rings. The first-order valence-electron chi connectivity index (χ1n) is 7.21. The van der Waals surface area contributed by atoms with Gasteiger partial charge in [-0.3, -0.25) is 9.59 Å². The monoisotopic (exact) mass is 346 g/mol. The molecule has 1 heterocycles. The topological polar surface area (TPSA) is 58.2 Å². The van der Waals surface area contributed by atoms with Crippen molar-refractivity contribution in [3.63, 3.8) is 0 Å². The molecule has 2 N–H and O–H groups in total. The first-order valence-corrected chi connectivity index (χ1v) is 8.19. The van der Waals surface area contributed by atoms with Crippen LogP contribution >= 0.6 is 11.8 Å². The zero-order valence-electron chi connectivity index (χ0n) is 12.5. The minimum absolute atomic E-state index is 0.146. The predicted molar refractivity (Wildman–Crippen MR) is 83.3 cm³/mol. The molecule has 0 bridgehead atoms. The normalized spacial score (nSPS) is 16.9. The summed E-state index contributed by atoms with van der Waals surface area (Å²) in [5, 5.41) is 5.20. The molecule has 0 radical (unpaired) electrons. The summed E-state index contributed by atoms with van der Waals surface area (Å²) in [6.07, 6.45) is 1.20. The van der Waals surface area contributed by atoms with Crippen LogP contribution < -0.4 is 10.6 Å². The van der Waals surface area contributed by atoms with Gasteiger partial charge in [0.05, 0.1) is 11.7 Å². The molecule has 8 heteroatoms. The van der Waals surface area contributed by atoms with E-state index in [1.807, 2.05) is 25.1 Å². The average molecular weight is 346 g/mol. The molecular weight excluding hydrogens is 329 g/mol. The molecule has 1 aromatic carbocycles. The molecule has 0 saturated carbocycles. The Labute approximate surface area is 136 Å². The second-order valence-electron chi connectivity index (χ2n) is 5.19. The number of nitrogens with one attached hydrogen (secondary N) is 2. The maximum absolute atomic E-state index is 12.0. The van der Waals surface area contributed by atoms with Crippen LogP contribution in [0.2, 0.25) is 0 Å². The van der Waals surface area contributed by atoms with Gasteiger partial charge in [-0.05, 0) is 41.8 Å². The molecule has 0 spiro atoms. The lowest BCUT2D eigenvalue weighted by Crippen LogP contribution is -2.29. The minimum atomic E-state index is -4.42. The van der Waals surface area contributed by atoms with E-state index in [1.165, 1.54) is 0 Å². The van der Waals surface area contributed by atoms with Crippen LogP contribution in [0.5, 0.6) is 0 Å². The highest BCUT2D eigenvalue weighted by molar-refractivity contribution is 8.00. The van der Waals surface area contributed by atoms with Crippen LogP contribution in [-0.2, 0) is 16.0 Å². The molecule has 0 unspecified atom stereocenters. The number of aryl methyl sites for hydroxylation is 1. The number of amides is 2. The first kappa shape index (κ1) is 17.7. The fourth-order valence-electron chi connectivity index (χ4n) is 2.44. The van der Waals surface area contributed by atoms with E-state index in [0.717, 1.165) is 23.2 Å². The molecule has 23 heavy (non-hydrogen) atoms. The van der Waals surface area contributed by atoms with Crippen molar-refractivity contribution in [3.8, 4) is 0 Å². The Morgan fingerprint density at radius 3 is 2.78 bits per heavy atom. The Kier molecular flexibility index (Phi) is 5.56. The zero-order chi connectivity index (χ0) is 17.0. The Morgan fingerprint density at radius 1 is 1.39 bits per heavy atom. The molecule has 0 aromatic heterocycles. The number of benzene rings is 1. The van der Waals surface area contributed by atoms with Crippen molar-refractivity contribution in [2.75, 3.05) is 17.6 Å². The molecule has 0 saturated heterocycles. The maximum Gasteiger partial charge on any atom is 0.442 e. The van der Waals surface area contributed by atoms with Gasteiger partial charge in [-0.1, -0.05) is 19.1 Å². The summed E-state index contributed by atoms with van der Waals surface area (Å²) in [6, 6.07) is 5.75. The summed E-state index contributed by atoms with van der Waals surface area (Å²) in [5.74, 6) is -1.88. The van der Waals surface area contributed by atoms with Gasteiger partial charge in [-0.2, -0.15) is 13.2 Å². The van der Waals surface area contributed by atoms with Crippen molar-refractivity contribution < 1.29 is 22.8 Å². The van der Waals surface area contributed by atoms with Gasteiger partial charge < -0.3 is 10.6 Å². The Balaban J connectivity index is 1.87. The third-order valence-electron chi connectivity index (χ3n) is 3.60. The SMILES string of the molecule is CCc1ccc2c(c1)[C@H](CCNC(=O)CSC(F)(F)F)C(=O)N2. The summed E-state index contributed by atoms with van der Waals surface area (Å²) in [6.45, 7) is 2.17. The van der Waals surface area contributed by atoms with Crippen LogP contribution in [0.3, 0.4) is 0 Å². The van der Waals surface area contributed by atoms with Crippen molar-refractivity contribution >= 4 is 29.3 Å². The third kappa shape index (κ3) is 4.89. The molecule has 2 rings (SSSR count). The fourth-order valence-corrected chi connectivity index (χ4v) is 2.83. The van der Waals surface area contributed by atoms with E-state index in [4.69, 9.17) is 0 Å². The van der Waals surface area contributed by atoms with Crippen LogP contribution in [0.25, 0.3) is 0 Å². The van der Waals surface area contributed by atoms with Crippen molar-refractivity contribution in [2.24, 2.45) is 0 Å². The smallest absolute Gasteiger partial charge is 0.355 e. The van der Waals surface area contributed by atoms with Gasteiger partial charge in [-0.25, -0.2) is 0 Å². The highest BCUT2D eigenvalue weighted by Gasteiger charge is 2.31. The molecule has 1 atom stereocenters. The number of halogens is 3. The number of thioether (sulfide) groups is 1. The molecule has 0 fully saturated rings. The van der Waals surface area contributed by atoms with E-state index < -0.39 is 17.2 Å². The van der Waals surface area contributed by atoms with Crippen LogP contribution in [0, 0.1) is 0 Å². The van der Waals surface area contributed by atoms with Crippen molar-refractivity contribution in [1.29, 1.82) is 0 Å². The van der Waals surface area contributed by atoms with Crippen molar-refractivity contribution in [2.45, 2.75) is 31.2 Å². The van der Waals surface area contributed by atoms with Gasteiger partial charge in [0, 0.05) is 12.2 Å². The summed E-state index contributed by atoms with van der Waals surface area (Å²) >= 11 is -0.373. The highest BCUT2D eigenvalue weighted by atomic mass is 32.2. The number of rotatable bonds is 6. The molecular formula is C15H17F3N2O2S. The number of carbonyl (C=O) groups excluding carboxylic acids is 2. The summed E-state index contributed by atoms with van der Waals surface area (Å²) in [5.41, 5.74) is -1.67.